The first-order valence-corrected chi connectivity index (χ1v) is 8.38. The van der Waals surface area contributed by atoms with Gasteiger partial charge in [0.15, 0.2) is 18.1 Å². The smallest absolute Gasteiger partial charge is 0.338 e. The molecule has 6 nitrogen and oxygen atoms in total. The number of ether oxygens (including phenoxy) is 3. The second kappa shape index (κ2) is 8.78. The third-order valence-electron chi connectivity index (χ3n) is 3.42. The van der Waals surface area contributed by atoms with Crippen molar-refractivity contribution >= 4 is 23.5 Å². The van der Waals surface area contributed by atoms with Crippen LogP contribution in [-0.4, -0.2) is 38.2 Å². The van der Waals surface area contributed by atoms with E-state index < -0.39 is 5.97 Å². The van der Waals surface area contributed by atoms with Crippen LogP contribution in [0, 0.1) is 5.92 Å². The maximum atomic E-state index is 12.1. The molecular weight excluding hydrogens is 334 g/mol. The first-order chi connectivity index (χ1) is 11.5. The number of benzene rings is 1. The molecule has 0 saturated heterocycles. The van der Waals surface area contributed by atoms with Crippen LogP contribution in [0.4, 0.5) is 0 Å². The standard InChI is InChI=1S/C17H22ClNO5/c1-11(2)4-5-19-15(20)10-24-17(21)12-8-13(18)16-14(9-12)22-6-3-7-23-16/h8-9,11H,3-7,10H2,1-2H3,(H,19,20). The van der Waals surface area contributed by atoms with Crippen molar-refractivity contribution in [3.05, 3.63) is 22.7 Å². The van der Waals surface area contributed by atoms with Crippen LogP contribution in [0.15, 0.2) is 12.1 Å². The molecular formula is C17H22ClNO5. The molecule has 0 aliphatic carbocycles. The quantitative estimate of drug-likeness (QED) is 0.794. The lowest BCUT2D eigenvalue weighted by molar-refractivity contribution is -0.124. The lowest BCUT2D eigenvalue weighted by atomic mass is 10.1. The zero-order valence-corrected chi connectivity index (χ0v) is 14.6. The molecule has 0 spiro atoms. The normalized spacial score (nSPS) is 13.3. The van der Waals surface area contributed by atoms with Crippen molar-refractivity contribution in [3.8, 4) is 11.5 Å². The van der Waals surface area contributed by atoms with Crippen LogP contribution >= 0.6 is 11.6 Å². The number of carbonyl (C=O) groups excluding carboxylic acids is 2. The Morgan fingerprint density at radius 2 is 2.04 bits per heavy atom. The van der Waals surface area contributed by atoms with Crippen molar-refractivity contribution in [2.45, 2.75) is 26.7 Å². The summed E-state index contributed by atoms with van der Waals surface area (Å²) in [5.74, 6) is 0.373. The van der Waals surface area contributed by atoms with Crippen LogP contribution in [0.3, 0.4) is 0 Å². The Morgan fingerprint density at radius 3 is 2.79 bits per heavy atom. The van der Waals surface area contributed by atoms with Gasteiger partial charge in [-0.2, -0.15) is 0 Å². The molecule has 7 heteroatoms. The van der Waals surface area contributed by atoms with Crippen molar-refractivity contribution in [2.24, 2.45) is 5.92 Å². The molecule has 1 aliphatic heterocycles. The molecule has 1 aliphatic rings. The summed E-state index contributed by atoms with van der Waals surface area (Å²) in [7, 11) is 0. The van der Waals surface area contributed by atoms with E-state index >= 15 is 0 Å². The van der Waals surface area contributed by atoms with Crippen molar-refractivity contribution < 1.29 is 23.8 Å². The van der Waals surface area contributed by atoms with E-state index in [1.807, 2.05) is 0 Å². The molecule has 0 radical (unpaired) electrons. The number of fused-ring (bicyclic) bond motifs is 1. The first kappa shape index (κ1) is 18.4. The van der Waals surface area contributed by atoms with Gasteiger partial charge in [0.25, 0.3) is 5.91 Å². The average Bonchev–Trinajstić information content (AvgIpc) is 2.78. The number of hydrogen-bond donors (Lipinski definition) is 1. The number of esters is 1. The fraction of sp³-hybridized carbons (Fsp3) is 0.529. The highest BCUT2D eigenvalue weighted by molar-refractivity contribution is 6.32. The molecule has 2 rings (SSSR count). The summed E-state index contributed by atoms with van der Waals surface area (Å²) in [6.45, 7) is 5.36. The van der Waals surface area contributed by atoms with Crippen molar-refractivity contribution in [3.63, 3.8) is 0 Å². The largest absolute Gasteiger partial charge is 0.489 e. The number of hydrogen-bond acceptors (Lipinski definition) is 5. The highest BCUT2D eigenvalue weighted by atomic mass is 35.5. The summed E-state index contributed by atoms with van der Waals surface area (Å²) in [4.78, 5) is 23.7. The minimum Gasteiger partial charge on any atom is -0.489 e. The third kappa shape index (κ3) is 5.30. The van der Waals surface area contributed by atoms with E-state index in [0.29, 0.717) is 37.2 Å². The zero-order valence-electron chi connectivity index (χ0n) is 13.9. The summed E-state index contributed by atoms with van der Waals surface area (Å²) in [5, 5.41) is 2.98. The molecule has 1 heterocycles. The Bertz CT molecular complexity index is 603. The van der Waals surface area contributed by atoms with E-state index in [-0.39, 0.29) is 23.1 Å². The SMILES string of the molecule is CC(C)CCNC(=O)COC(=O)c1cc(Cl)c2c(c1)OCCCO2. The molecule has 0 saturated carbocycles. The average molecular weight is 356 g/mol. The molecule has 24 heavy (non-hydrogen) atoms. The van der Waals surface area contributed by atoms with Gasteiger partial charge < -0.3 is 19.5 Å². The maximum Gasteiger partial charge on any atom is 0.338 e. The number of amides is 1. The Morgan fingerprint density at radius 1 is 1.29 bits per heavy atom. The van der Waals surface area contributed by atoms with E-state index in [1.54, 1.807) is 0 Å². The number of nitrogens with one attached hydrogen (secondary N) is 1. The maximum absolute atomic E-state index is 12.1. The fourth-order valence-electron chi connectivity index (χ4n) is 2.11. The minimum atomic E-state index is -0.633. The number of halogens is 1. The molecule has 132 valence electrons. The molecule has 0 fully saturated rings. The second-order valence-electron chi connectivity index (χ2n) is 5.94. The third-order valence-corrected chi connectivity index (χ3v) is 3.70. The van der Waals surface area contributed by atoms with Crippen molar-refractivity contribution in [2.75, 3.05) is 26.4 Å². The fourth-order valence-corrected chi connectivity index (χ4v) is 2.38. The van der Waals surface area contributed by atoms with E-state index in [1.165, 1.54) is 12.1 Å². The molecule has 0 atom stereocenters. The lowest BCUT2D eigenvalue weighted by Gasteiger charge is -2.11. The van der Waals surface area contributed by atoms with Crippen LogP contribution in [0.1, 0.15) is 37.0 Å². The van der Waals surface area contributed by atoms with Gasteiger partial charge in [-0.3, -0.25) is 4.79 Å². The topological polar surface area (TPSA) is 73.9 Å². The van der Waals surface area contributed by atoms with Crippen LogP contribution < -0.4 is 14.8 Å². The van der Waals surface area contributed by atoms with Crippen molar-refractivity contribution in [1.82, 2.24) is 5.32 Å². The van der Waals surface area contributed by atoms with Gasteiger partial charge in [-0.25, -0.2) is 4.79 Å². The molecule has 0 bridgehead atoms. The van der Waals surface area contributed by atoms with Gasteiger partial charge in [-0.05, 0) is 24.5 Å². The Balaban J connectivity index is 1.92. The predicted octanol–water partition coefficient (Wildman–Crippen LogP) is 2.82. The lowest BCUT2D eigenvalue weighted by Crippen LogP contribution is -2.30. The van der Waals surface area contributed by atoms with Gasteiger partial charge >= 0.3 is 5.97 Å². The second-order valence-corrected chi connectivity index (χ2v) is 6.35. The summed E-state index contributed by atoms with van der Waals surface area (Å²) in [5.41, 5.74) is 0.222. The number of carbonyl (C=O) groups is 2. The monoisotopic (exact) mass is 355 g/mol. The number of rotatable bonds is 6. The highest BCUT2D eigenvalue weighted by Gasteiger charge is 2.19. The van der Waals surface area contributed by atoms with Gasteiger partial charge in [-0.1, -0.05) is 25.4 Å². The minimum absolute atomic E-state index is 0.222. The van der Waals surface area contributed by atoms with Crippen LogP contribution in [-0.2, 0) is 9.53 Å². The van der Waals surface area contributed by atoms with E-state index in [2.05, 4.69) is 19.2 Å². The molecule has 1 amide bonds. The Kier molecular flexibility index (Phi) is 6.73. The van der Waals surface area contributed by atoms with Crippen LogP contribution in [0.5, 0.6) is 11.5 Å². The van der Waals surface area contributed by atoms with Gasteiger partial charge in [0.2, 0.25) is 0 Å². The zero-order chi connectivity index (χ0) is 17.5. The van der Waals surface area contributed by atoms with E-state index in [9.17, 15) is 9.59 Å². The Hall–Kier alpha value is -1.95. The molecule has 1 aromatic carbocycles. The van der Waals surface area contributed by atoms with Gasteiger partial charge in [0.05, 0.1) is 23.8 Å². The van der Waals surface area contributed by atoms with Crippen LogP contribution in [0.25, 0.3) is 0 Å². The first-order valence-electron chi connectivity index (χ1n) is 8.00. The van der Waals surface area contributed by atoms with Gasteiger partial charge in [-0.15, -0.1) is 0 Å². The molecule has 0 unspecified atom stereocenters. The summed E-state index contributed by atoms with van der Waals surface area (Å²) in [6.07, 6.45) is 1.61. The highest BCUT2D eigenvalue weighted by Crippen LogP contribution is 2.38. The Labute approximate surface area is 146 Å². The predicted molar refractivity (Wildman–Crippen MR) is 89.8 cm³/mol. The summed E-state index contributed by atoms with van der Waals surface area (Å²) in [6, 6.07) is 2.97. The molecule has 0 aromatic heterocycles. The van der Waals surface area contributed by atoms with Gasteiger partial charge in [0.1, 0.15) is 0 Å². The van der Waals surface area contributed by atoms with Crippen LogP contribution in [0.2, 0.25) is 5.02 Å². The summed E-state index contributed by atoms with van der Waals surface area (Å²) >= 11 is 6.13. The van der Waals surface area contributed by atoms with E-state index in [0.717, 1.165) is 12.8 Å². The molecule has 1 aromatic rings. The molecule has 1 N–H and O–H groups in total. The summed E-state index contributed by atoms with van der Waals surface area (Å²) < 4.78 is 16.0. The van der Waals surface area contributed by atoms with Crippen molar-refractivity contribution in [1.29, 1.82) is 0 Å². The van der Waals surface area contributed by atoms with E-state index in [4.69, 9.17) is 25.8 Å². The van der Waals surface area contributed by atoms with Gasteiger partial charge in [0, 0.05) is 13.0 Å².